The Morgan fingerprint density at radius 2 is 2.10 bits per heavy atom. The van der Waals surface area contributed by atoms with E-state index in [2.05, 4.69) is 39.1 Å². The Morgan fingerprint density at radius 3 is 2.70 bits per heavy atom. The molecule has 0 saturated heterocycles. The number of hydrogen-bond donors (Lipinski definition) is 1. The number of nitrogens with one attached hydrogen (secondary N) is 1. The van der Waals surface area contributed by atoms with Crippen molar-refractivity contribution in [1.29, 1.82) is 0 Å². The summed E-state index contributed by atoms with van der Waals surface area (Å²) in [6.45, 7) is 9.94. The third-order valence-electron chi connectivity index (χ3n) is 3.92. The summed E-state index contributed by atoms with van der Waals surface area (Å²) in [5, 5.41) is 3.65. The largest absolute Gasteiger partial charge is 0.497 e. The Kier molecular flexibility index (Phi) is 4.59. The third kappa shape index (κ3) is 3.26. The van der Waals surface area contributed by atoms with Gasteiger partial charge in [0.2, 0.25) is 0 Å². The second kappa shape index (κ2) is 6.04. The molecule has 0 fully saturated rings. The lowest BCUT2D eigenvalue weighted by atomic mass is 9.82. The van der Waals surface area contributed by atoms with E-state index in [-0.39, 0.29) is 11.5 Å². The van der Waals surface area contributed by atoms with Crippen LogP contribution in [0.2, 0.25) is 0 Å². The molecule has 2 rings (SSSR count). The number of methoxy groups -OCH3 is 1. The Morgan fingerprint density at radius 1 is 1.35 bits per heavy atom. The minimum absolute atomic E-state index is 0.143. The van der Waals surface area contributed by atoms with E-state index in [1.807, 2.05) is 12.1 Å². The first-order valence-corrected chi connectivity index (χ1v) is 7.53. The van der Waals surface area contributed by atoms with Gasteiger partial charge in [-0.1, -0.05) is 27.7 Å². The maximum absolute atomic E-state index is 6.21. The van der Waals surface area contributed by atoms with Crippen LogP contribution in [0.1, 0.15) is 52.1 Å². The van der Waals surface area contributed by atoms with Gasteiger partial charge in [0.25, 0.3) is 0 Å². The van der Waals surface area contributed by atoms with E-state index in [0.29, 0.717) is 6.04 Å². The van der Waals surface area contributed by atoms with Crippen LogP contribution >= 0.6 is 0 Å². The first-order valence-electron chi connectivity index (χ1n) is 7.53. The van der Waals surface area contributed by atoms with Crippen LogP contribution in [-0.4, -0.2) is 19.8 Å². The summed E-state index contributed by atoms with van der Waals surface area (Å²) in [6, 6.07) is 6.45. The standard InChI is InChI=1S/C17H27NO2/c1-6-9-18-14-11-16(17(2,3)4)20-15-8-7-12(19-5)10-13(14)15/h7-8,10,14,16,18H,6,9,11H2,1-5H3. The number of rotatable bonds is 4. The van der Waals surface area contributed by atoms with Gasteiger partial charge in [-0.25, -0.2) is 0 Å². The highest BCUT2D eigenvalue weighted by Crippen LogP contribution is 2.41. The van der Waals surface area contributed by atoms with Gasteiger partial charge >= 0.3 is 0 Å². The lowest BCUT2D eigenvalue weighted by molar-refractivity contribution is 0.0527. The predicted molar refractivity (Wildman–Crippen MR) is 82.5 cm³/mol. The van der Waals surface area contributed by atoms with Crippen molar-refractivity contribution in [2.24, 2.45) is 5.41 Å². The predicted octanol–water partition coefficient (Wildman–Crippen LogP) is 3.93. The van der Waals surface area contributed by atoms with Crippen molar-refractivity contribution < 1.29 is 9.47 Å². The molecule has 1 aromatic rings. The van der Waals surface area contributed by atoms with Crippen molar-refractivity contribution in [3.63, 3.8) is 0 Å². The van der Waals surface area contributed by atoms with Crippen molar-refractivity contribution in [1.82, 2.24) is 5.32 Å². The van der Waals surface area contributed by atoms with E-state index in [9.17, 15) is 0 Å². The minimum atomic E-state index is 0.143. The molecule has 0 spiro atoms. The van der Waals surface area contributed by atoms with Crippen LogP contribution in [0.3, 0.4) is 0 Å². The average Bonchev–Trinajstić information content (AvgIpc) is 2.42. The number of ether oxygens (including phenoxy) is 2. The highest BCUT2D eigenvalue weighted by atomic mass is 16.5. The molecule has 0 bridgehead atoms. The molecule has 0 saturated carbocycles. The molecule has 0 amide bonds. The number of benzene rings is 1. The molecule has 0 aliphatic carbocycles. The molecule has 1 aromatic carbocycles. The highest BCUT2D eigenvalue weighted by molar-refractivity contribution is 5.44. The first-order chi connectivity index (χ1) is 9.45. The molecule has 2 atom stereocenters. The van der Waals surface area contributed by atoms with E-state index in [1.165, 1.54) is 5.56 Å². The van der Waals surface area contributed by atoms with Crippen molar-refractivity contribution in [3.05, 3.63) is 23.8 Å². The van der Waals surface area contributed by atoms with Crippen LogP contribution in [-0.2, 0) is 0 Å². The molecular weight excluding hydrogens is 250 g/mol. The van der Waals surface area contributed by atoms with E-state index >= 15 is 0 Å². The molecule has 3 nitrogen and oxygen atoms in total. The van der Waals surface area contributed by atoms with Crippen LogP contribution in [0.25, 0.3) is 0 Å². The van der Waals surface area contributed by atoms with Crippen molar-refractivity contribution >= 4 is 0 Å². The van der Waals surface area contributed by atoms with Crippen LogP contribution in [0.5, 0.6) is 11.5 Å². The highest BCUT2D eigenvalue weighted by Gasteiger charge is 2.35. The Bertz CT molecular complexity index is 451. The molecule has 0 aromatic heterocycles. The molecule has 1 aliphatic rings. The summed E-state index contributed by atoms with van der Waals surface area (Å²) in [6.07, 6.45) is 2.37. The summed E-state index contributed by atoms with van der Waals surface area (Å²) >= 11 is 0. The molecule has 0 radical (unpaired) electrons. The normalized spacial score (nSPS) is 22.1. The summed E-state index contributed by atoms with van der Waals surface area (Å²) in [5.41, 5.74) is 1.36. The van der Waals surface area contributed by atoms with Gasteiger partial charge in [-0.2, -0.15) is 0 Å². The molecule has 1 aliphatic heterocycles. The molecular formula is C17H27NO2. The van der Waals surface area contributed by atoms with Crippen molar-refractivity contribution in [3.8, 4) is 11.5 Å². The fourth-order valence-electron chi connectivity index (χ4n) is 2.62. The maximum atomic E-state index is 6.21. The van der Waals surface area contributed by atoms with Crippen LogP contribution < -0.4 is 14.8 Å². The van der Waals surface area contributed by atoms with Gasteiger partial charge in [0.1, 0.15) is 17.6 Å². The Hall–Kier alpha value is -1.22. The second-order valence-electron chi connectivity index (χ2n) is 6.62. The number of fused-ring (bicyclic) bond motifs is 1. The Balaban J connectivity index is 2.30. The van der Waals surface area contributed by atoms with Gasteiger partial charge in [-0.3, -0.25) is 0 Å². The van der Waals surface area contributed by atoms with E-state index < -0.39 is 0 Å². The molecule has 112 valence electrons. The molecule has 2 unspecified atom stereocenters. The van der Waals surface area contributed by atoms with Gasteiger partial charge < -0.3 is 14.8 Å². The zero-order valence-electron chi connectivity index (χ0n) is 13.3. The van der Waals surface area contributed by atoms with Crippen LogP contribution in [0, 0.1) is 5.41 Å². The maximum Gasteiger partial charge on any atom is 0.124 e. The van der Waals surface area contributed by atoms with Gasteiger partial charge in [0, 0.05) is 18.0 Å². The zero-order chi connectivity index (χ0) is 14.8. The average molecular weight is 277 g/mol. The van der Waals surface area contributed by atoms with Crippen LogP contribution in [0.15, 0.2) is 18.2 Å². The summed E-state index contributed by atoms with van der Waals surface area (Å²) in [5.74, 6) is 1.88. The monoisotopic (exact) mass is 277 g/mol. The molecule has 3 heteroatoms. The van der Waals surface area contributed by atoms with Crippen LogP contribution in [0.4, 0.5) is 0 Å². The van der Waals surface area contributed by atoms with Gasteiger partial charge in [0.05, 0.1) is 7.11 Å². The smallest absolute Gasteiger partial charge is 0.124 e. The SMILES string of the molecule is CCCNC1CC(C(C)(C)C)Oc2ccc(OC)cc21. The quantitative estimate of drug-likeness (QED) is 0.904. The fraction of sp³-hybridized carbons (Fsp3) is 0.647. The zero-order valence-corrected chi connectivity index (χ0v) is 13.3. The van der Waals surface area contributed by atoms with E-state index in [1.54, 1.807) is 7.11 Å². The fourth-order valence-corrected chi connectivity index (χ4v) is 2.62. The second-order valence-corrected chi connectivity index (χ2v) is 6.62. The van der Waals surface area contributed by atoms with Crippen molar-refractivity contribution in [2.45, 2.75) is 52.7 Å². The lowest BCUT2D eigenvalue weighted by Gasteiger charge is -2.39. The molecule has 20 heavy (non-hydrogen) atoms. The summed E-state index contributed by atoms with van der Waals surface area (Å²) in [4.78, 5) is 0. The van der Waals surface area contributed by atoms with E-state index in [0.717, 1.165) is 30.9 Å². The Labute approximate surface area is 122 Å². The summed E-state index contributed by atoms with van der Waals surface area (Å²) in [7, 11) is 1.71. The van der Waals surface area contributed by atoms with Gasteiger partial charge in [-0.05, 0) is 36.6 Å². The lowest BCUT2D eigenvalue weighted by Crippen LogP contribution is -2.40. The summed E-state index contributed by atoms with van der Waals surface area (Å²) < 4.78 is 11.6. The minimum Gasteiger partial charge on any atom is -0.497 e. The molecule has 1 N–H and O–H groups in total. The first kappa shape index (κ1) is 15.2. The topological polar surface area (TPSA) is 30.5 Å². The van der Waals surface area contributed by atoms with Crippen molar-refractivity contribution in [2.75, 3.05) is 13.7 Å². The van der Waals surface area contributed by atoms with Gasteiger partial charge in [0.15, 0.2) is 0 Å². The number of hydrogen-bond acceptors (Lipinski definition) is 3. The third-order valence-corrected chi connectivity index (χ3v) is 3.92. The van der Waals surface area contributed by atoms with E-state index in [4.69, 9.17) is 9.47 Å². The molecule has 1 heterocycles. The van der Waals surface area contributed by atoms with Gasteiger partial charge in [-0.15, -0.1) is 0 Å².